The molecule has 2 rings (SSSR count). The highest BCUT2D eigenvalue weighted by atomic mass is 32.2. The molecule has 1 heterocycles. The van der Waals surface area contributed by atoms with Crippen LogP contribution in [-0.2, 0) is 20.7 Å². The number of aryl methyl sites for hydroxylation is 1. The first-order valence-corrected chi connectivity index (χ1v) is 9.78. The van der Waals surface area contributed by atoms with Crippen LogP contribution in [-0.4, -0.2) is 43.8 Å². The van der Waals surface area contributed by atoms with Gasteiger partial charge in [0, 0.05) is 6.42 Å². The summed E-state index contributed by atoms with van der Waals surface area (Å²) in [5.74, 6) is 1.86. The lowest BCUT2D eigenvalue weighted by Gasteiger charge is -2.16. The molecule has 1 N–H and O–H groups in total. The van der Waals surface area contributed by atoms with Crippen LogP contribution in [0.3, 0.4) is 0 Å². The predicted molar refractivity (Wildman–Crippen MR) is 97.1 cm³/mol. The molecule has 0 spiro atoms. The molecule has 25 heavy (non-hydrogen) atoms. The monoisotopic (exact) mass is 367 g/mol. The Balaban J connectivity index is 1.69. The topological polar surface area (TPSA) is 73.9 Å². The maximum Gasteiger partial charge on any atom is 0.328 e. The Labute approximate surface area is 152 Å². The summed E-state index contributed by atoms with van der Waals surface area (Å²) in [7, 11) is 1.34. The number of methoxy groups -OCH3 is 1. The van der Waals surface area contributed by atoms with Crippen molar-refractivity contribution < 1.29 is 23.8 Å². The Hall–Kier alpha value is -1.89. The van der Waals surface area contributed by atoms with E-state index in [0.29, 0.717) is 12.8 Å². The lowest BCUT2D eigenvalue weighted by molar-refractivity contribution is -0.145. The highest BCUT2D eigenvalue weighted by molar-refractivity contribution is 7.98. The molecule has 0 saturated heterocycles. The molecule has 0 unspecified atom stereocenters. The second kappa shape index (κ2) is 10.2. The zero-order valence-corrected chi connectivity index (χ0v) is 15.5. The van der Waals surface area contributed by atoms with Gasteiger partial charge in [0.05, 0.1) is 7.11 Å². The van der Waals surface area contributed by atoms with E-state index in [0.717, 1.165) is 42.1 Å². The molecule has 0 saturated carbocycles. The molecule has 1 aromatic rings. The summed E-state index contributed by atoms with van der Waals surface area (Å²) in [5, 5.41) is 2.77. The van der Waals surface area contributed by atoms with Crippen molar-refractivity contribution in [2.45, 2.75) is 38.1 Å². The van der Waals surface area contributed by atoms with Crippen LogP contribution in [0.1, 0.15) is 31.2 Å². The van der Waals surface area contributed by atoms with Crippen molar-refractivity contribution in [1.29, 1.82) is 0 Å². The van der Waals surface area contributed by atoms with Crippen molar-refractivity contribution in [3.05, 3.63) is 23.8 Å². The SMILES string of the molecule is COC(=O)[C@H](CCSC)NC(=O)CCCCc1ccc2c(c1)OCO2. The van der Waals surface area contributed by atoms with Gasteiger partial charge in [-0.3, -0.25) is 4.79 Å². The molecule has 1 aliphatic heterocycles. The molecular formula is C18H25NO5S. The number of nitrogens with one attached hydrogen (secondary N) is 1. The fourth-order valence-corrected chi connectivity index (χ4v) is 3.08. The molecule has 138 valence electrons. The van der Waals surface area contributed by atoms with Gasteiger partial charge in [0.2, 0.25) is 12.7 Å². The molecule has 0 aromatic heterocycles. The molecule has 0 bridgehead atoms. The molecule has 6 nitrogen and oxygen atoms in total. The first kappa shape index (κ1) is 19.4. The number of benzene rings is 1. The Bertz CT molecular complexity index is 593. The summed E-state index contributed by atoms with van der Waals surface area (Å²) in [6.45, 7) is 0.275. The minimum atomic E-state index is -0.557. The van der Waals surface area contributed by atoms with Gasteiger partial charge in [-0.1, -0.05) is 6.07 Å². The molecule has 1 aliphatic rings. The second-order valence-electron chi connectivity index (χ2n) is 5.82. The number of unbranched alkanes of at least 4 members (excludes halogenated alkanes) is 1. The van der Waals surface area contributed by atoms with Gasteiger partial charge in [-0.05, 0) is 55.4 Å². The summed E-state index contributed by atoms with van der Waals surface area (Å²) in [4.78, 5) is 23.7. The zero-order chi connectivity index (χ0) is 18.1. The number of esters is 1. The van der Waals surface area contributed by atoms with Crippen LogP contribution in [0.15, 0.2) is 18.2 Å². The van der Waals surface area contributed by atoms with Gasteiger partial charge in [-0.2, -0.15) is 11.8 Å². The molecule has 7 heteroatoms. The Morgan fingerprint density at radius 1 is 1.28 bits per heavy atom. The smallest absolute Gasteiger partial charge is 0.328 e. The number of ether oxygens (including phenoxy) is 3. The van der Waals surface area contributed by atoms with Crippen molar-refractivity contribution in [3.8, 4) is 11.5 Å². The van der Waals surface area contributed by atoms with Gasteiger partial charge >= 0.3 is 5.97 Å². The minimum Gasteiger partial charge on any atom is -0.467 e. The first-order chi connectivity index (χ1) is 12.1. The highest BCUT2D eigenvalue weighted by Gasteiger charge is 2.20. The highest BCUT2D eigenvalue weighted by Crippen LogP contribution is 2.32. The van der Waals surface area contributed by atoms with Crippen molar-refractivity contribution in [1.82, 2.24) is 5.32 Å². The Kier molecular flexibility index (Phi) is 7.91. The molecule has 1 atom stereocenters. The third kappa shape index (κ3) is 6.16. The average Bonchev–Trinajstić information content (AvgIpc) is 3.09. The molecule has 0 aliphatic carbocycles. The predicted octanol–water partition coefficient (Wildman–Crippen LogP) is 2.54. The largest absolute Gasteiger partial charge is 0.467 e. The van der Waals surface area contributed by atoms with Gasteiger partial charge in [0.25, 0.3) is 0 Å². The maximum atomic E-state index is 12.0. The summed E-state index contributed by atoms with van der Waals surface area (Å²) in [6.07, 6.45) is 5.47. The van der Waals surface area contributed by atoms with Crippen molar-refractivity contribution >= 4 is 23.6 Å². The summed E-state index contributed by atoms with van der Waals surface area (Å²) >= 11 is 1.63. The van der Waals surface area contributed by atoms with Gasteiger partial charge < -0.3 is 19.5 Å². The molecule has 1 amide bonds. The van der Waals surface area contributed by atoms with E-state index in [4.69, 9.17) is 14.2 Å². The number of carbonyl (C=O) groups excluding carboxylic acids is 2. The number of rotatable bonds is 10. The van der Waals surface area contributed by atoms with E-state index < -0.39 is 6.04 Å². The van der Waals surface area contributed by atoms with Crippen LogP contribution in [0, 0.1) is 0 Å². The quantitative estimate of drug-likeness (QED) is 0.506. The fraction of sp³-hybridized carbons (Fsp3) is 0.556. The van der Waals surface area contributed by atoms with Crippen molar-refractivity contribution in [2.24, 2.45) is 0 Å². The first-order valence-electron chi connectivity index (χ1n) is 8.38. The van der Waals surface area contributed by atoms with E-state index in [1.165, 1.54) is 7.11 Å². The maximum absolute atomic E-state index is 12.0. The lowest BCUT2D eigenvalue weighted by Crippen LogP contribution is -2.41. The Morgan fingerprint density at radius 3 is 2.84 bits per heavy atom. The third-order valence-electron chi connectivity index (χ3n) is 3.99. The van der Waals surface area contributed by atoms with Crippen molar-refractivity contribution in [3.63, 3.8) is 0 Å². The van der Waals surface area contributed by atoms with E-state index in [9.17, 15) is 9.59 Å². The second-order valence-corrected chi connectivity index (χ2v) is 6.81. The normalized spacial score (nSPS) is 13.4. The molecular weight excluding hydrogens is 342 g/mol. The summed E-state index contributed by atoms with van der Waals surface area (Å²) in [6, 6.07) is 5.36. The minimum absolute atomic E-state index is 0.109. The standard InChI is InChI=1S/C18H25NO5S/c1-22-18(21)14(9-10-25-2)19-17(20)6-4-3-5-13-7-8-15-16(11-13)24-12-23-15/h7-8,11,14H,3-6,9-10,12H2,1-2H3,(H,19,20)/t14-/m0/s1. The van der Waals surface area contributed by atoms with Crippen LogP contribution in [0.4, 0.5) is 0 Å². The van der Waals surface area contributed by atoms with E-state index in [2.05, 4.69) is 5.32 Å². The number of fused-ring (bicyclic) bond motifs is 1. The number of amides is 1. The van der Waals surface area contributed by atoms with Crippen molar-refractivity contribution in [2.75, 3.05) is 25.9 Å². The third-order valence-corrected chi connectivity index (χ3v) is 4.63. The van der Waals surface area contributed by atoms with E-state index in [-0.39, 0.29) is 18.7 Å². The number of hydrogen-bond donors (Lipinski definition) is 1. The van der Waals surface area contributed by atoms with Crippen LogP contribution >= 0.6 is 11.8 Å². The Morgan fingerprint density at radius 2 is 2.08 bits per heavy atom. The number of carbonyl (C=O) groups is 2. The summed E-state index contributed by atoms with van der Waals surface area (Å²) < 4.78 is 15.4. The lowest BCUT2D eigenvalue weighted by atomic mass is 10.1. The van der Waals surface area contributed by atoms with Gasteiger partial charge in [-0.25, -0.2) is 4.79 Å². The van der Waals surface area contributed by atoms with E-state index in [1.807, 2.05) is 24.5 Å². The number of thioether (sulfide) groups is 1. The molecule has 1 aromatic carbocycles. The van der Waals surface area contributed by atoms with E-state index >= 15 is 0 Å². The van der Waals surface area contributed by atoms with Gasteiger partial charge in [-0.15, -0.1) is 0 Å². The van der Waals surface area contributed by atoms with Gasteiger partial charge in [0.1, 0.15) is 6.04 Å². The average molecular weight is 367 g/mol. The summed E-state index contributed by atoms with van der Waals surface area (Å²) in [5.41, 5.74) is 1.16. The van der Waals surface area contributed by atoms with Crippen LogP contribution < -0.4 is 14.8 Å². The molecule has 0 radical (unpaired) electrons. The number of hydrogen-bond acceptors (Lipinski definition) is 6. The van der Waals surface area contributed by atoms with Crippen LogP contribution in [0.2, 0.25) is 0 Å². The molecule has 0 fully saturated rings. The zero-order valence-electron chi connectivity index (χ0n) is 14.7. The van der Waals surface area contributed by atoms with E-state index in [1.54, 1.807) is 11.8 Å². The van der Waals surface area contributed by atoms with Crippen LogP contribution in [0.25, 0.3) is 0 Å². The van der Waals surface area contributed by atoms with Crippen LogP contribution in [0.5, 0.6) is 11.5 Å². The van der Waals surface area contributed by atoms with Gasteiger partial charge in [0.15, 0.2) is 11.5 Å². The fourth-order valence-electron chi connectivity index (χ4n) is 2.60.